The lowest BCUT2D eigenvalue weighted by atomic mass is 10.1. The summed E-state index contributed by atoms with van der Waals surface area (Å²) in [6.07, 6.45) is 0. The molecule has 0 aliphatic rings. The molecule has 2 nitrogen and oxygen atoms in total. The first kappa shape index (κ1) is 18.5. The monoisotopic (exact) mass is 367 g/mol. The van der Waals surface area contributed by atoms with E-state index in [0.29, 0.717) is 6.54 Å². The summed E-state index contributed by atoms with van der Waals surface area (Å²) in [6.45, 7) is 7.11. The number of alkyl halides is 2. The Balaban J connectivity index is 2.33. The summed E-state index contributed by atoms with van der Waals surface area (Å²) >= 11 is 12.7. The first-order chi connectivity index (χ1) is 10.9. The minimum absolute atomic E-state index is 0.216. The van der Waals surface area contributed by atoms with E-state index in [9.17, 15) is 0 Å². The molecule has 2 aromatic carbocycles. The quantitative estimate of drug-likeness (QED) is 0.348. The predicted octanol–water partition coefficient (Wildman–Crippen LogP) is 5.80. The Labute approximate surface area is 150 Å². The number of nitrogens with zero attached hydrogens (tertiary/aromatic N) is 1. The van der Waals surface area contributed by atoms with Crippen LogP contribution in [0.15, 0.2) is 60.7 Å². The van der Waals surface area contributed by atoms with E-state index in [0.717, 1.165) is 5.56 Å². The number of hydroxylamine groups is 2. The van der Waals surface area contributed by atoms with E-state index >= 15 is 0 Å². The van der Waals surface area contributed by atoms with Gasteiger partial charge in [0.05, 0.1) is 6.04 Å². The number of rotatable bonds is 7. The van der Waals surface area contributed by atoms with Crippen LogP contribution in [0.4, 0.5) is 0 Å². The second kappa shape index (κ2) is 8.31. The topological polar surface area (TPSA) is 12.5 Å². The maximum atomic E-state index is 6.33. The van der Waals surface area contributed by atoms with E-state index in [-0.39, 0.29) is 6.04 Å². The number of hydrogen-bond donors (Lipinski definition) is 0. The zero-order valence-corrected chi connectivity index (χ0v) is 16.3. The van der Waals surface area contributed by atoms with E-state index in [1.54, 1.807) is 0 Å². The van der Waals surface area contributed by atoms with Crippen LogP contribution in [0.5, 0.6) is 0 Å². The van der Waals surface area contributed by atoms with Gasteiger partial charge in [-0.25, -0.2) is 0 Å². The Morgan fingerprint density at radius 1 is 0.913 bits per heavy atom. The smallest absolute Gasteiger partial charge is 0.212 e. The molecule has 0 amide bonds. The Morgan fingerprint density at radius 3 is 1.91 bits per heavy atom. The number of halogens is 2. The Morgan fingerprint density at radius 2 is 1.43 bits per heavy atom. The number of benzene rings is 2. The molecule has 0 aromatic heterocycles. The highest BCUT2D eigenvalue weighted by molar-refractivity contribution is 6.69. The molecule has 0 bridgehead atoms. The van der Waals surface area contributed by atoms with E-state index in [1.807, 2.05) is 53.6 Å². The van der Waals surface area contributed by atoms with Crippen molar-refractivity contribution in [1.82, 2.24) is 5.06 Å². The molecule has 0 aliphatic carbocycles. The van der Waals surface area contributed by atoms with Crippen molar-refractivity contribution in [2.75, 3.05) is 0 Å². The van der Waals surface area contributed by atoms with Crippen molar-refractivity contribution >= 4 is 31.5 Å². The Kier molecular flexibility index (Phi) is 6.68. The lowest BCUT2D eigenvalue weighted by molar-refractivity contribution is -0.112. The van der Waals surface area contributed by atoms with E-state index < -0.39 is 13.2 Å². The molecule has 5 heteroatoms. The molecule has 0 heterocycles. The molecule has 0 N–H and O–H groups in total. The van der Waals surface area contributed by atoms with Crippen LogP contribution >= 0.6 is 23.2 Å². The maximum Gasteiger partial charge on any atom is 0.212 e. The van der Waals surface area contributed by atoms with Gasteiger partial charge >= 0.3 is 0 Å². The summed E-state index contributed by atoms with van der Waals surface area (Å²) in [5.41, 5.74) is 2.22. The molecular weight excluding hydrogens is 345 g/mol. The van der Waals surface area contributed by atoms with Crippen molar-refractivity contribution in [2.45, 2.75) is 37.1 Å². The molecule has 0 spiro atoms. The second-order valence-electron chi connectivity index (χ2n) is 6.45. The highest BCUT2D eigenvalue weighted by Crippen LogP contribution is 2.33. The second-order valence-corrected chi connectivity index (χ2v) is 12.0. The molecule has 1 unspecified atom stereocenters. The molecule has 0 aliphatic heterocycles. The van der Waals surface area contributed by atoms with Gasteiger partial charge in [0.15, 0.2) is 0 Å². The molecule has 0 saturated heterocycles. The third-order valence-electron chi connectivity index (χ3n) is 3.26. The standard InChI is InChI=1S/C18H23Cl2NOSi/c1-23(2,3)22-21(14-15-10-6-4-7-11-15)17(18(19)20)16-12-8-5-9-13-16/h4-13,17-18H,14H2,1-3H3. The van der Waals surface area contributed by atoms with Crippen molar-refractivity contribution < 1.29 is 4.53 Å². The van der Waals surface area contributed by atoms with Crippen molar-refractivity contribution in [3.05, 3.63) is 71.8 Å². The van der Waals surface area contributed by atoms with Crippen molar-refractivity contribution in [2.24, 2.45) is 0 Å². The van der Waals surface area contributed by atoms with Gasteiger partial charge in [-0.15, -0.1) is 23.2 Å². The molecule has 0 fully saturated rings. The molecule has 2 aromatic rings. The van der Waals surface area contributed by atoms with Gasteiger partial charge in [-0.1, -0.05) is 60.7 Å². The highest BCUT2D eigenvalue weighted by Gasteiger charge is 2.31. The van der Waals surface area contributed by atoms with Crippen LogP contribution in [0, 0.1) is 0 Å². The summed E-state index contributed by atoms with van der Waals surface area (Å²) in [5.74, 6) is 0. The first-order valence-corrected chi connectivity index (χ1v) is 12.0. The summed E-state index contributed by atoms with van der Waals surface area (Å²) in [7, 11) is -1.81. The molecule has 124 valence electrons. The fraction of sp³-hybridized carbons (Fsp3) is 0.333. The Hall–Kier alpha value is -0.843. The van der Waals surface area contributed by atoms with Gasteiger partial charge in [-0.2, -0.15) is 5.06 Å². The lowest BCUT2D eigenvalue weighted by Gasteiger charge is -2.36. The zero-order chi connectivity index (χ0) is 16.9. The normalized spacial score (nSPS) is 13.5. The van der Waals surface area contributed by atoms with E-state index in [2.05, 4.69) is 31.8 Å². The summed E-state index contributed by atoms with van der Waals surface area (Å²) < 4.78 is 6.32. The summed E-state index contributed by atoms with van der Waals surface area (Å²) in [6, 6.07) is 20.1. The lowest BCUT2D eigenvalue weighted by Crippen LogP contribution is -2.41. The minimum Gasteiger partial charge on any atom is -0.342 e. The van der Waals surface area contributed by atoms with Crippen LogP contribution in [-0.4, -0.2) is 18.2 Å². The fourth-order valence-electron chi connectivity index (χ4n) is 2.39. The van der Waals surface area contributed by atoms with Gasteiger partial charge in [0, 0.05) is 6.54 Å². The SMILES string of the molecule is C[Si](C)(C)ON(Cc1ccccc1)C(c1ccccc1)C(Cl)Cl. The fourth-order valence-corrected chi connectivity index (χ4v) is 3.81. The molecule has 1 atom stereocenters. The molecule has 0 saturated carbocycles. The van der Waals surface area contributed by atoms with Gasteiger partial charge in [-0.3, -0.25) is 0 Å². The van der Waals surface area contributed by atoms with Crippen LogP contribution < -0.4 is 0 Å². The average molecular weight is 368 g/mol. The molecule has 23 heavy (non-hydrogen) atoms. The van der Waals surface area contributed by atoms with E-state index in [4.69, 9.17) is 27.7 Å². The zero-order valence-electron chi connectivity index (χ0n) is 13.7. The van der Waals surface area contributed by atoms with Crippen LogP contribution in [-0.2, 0) is 11.1 Å². The largest absolute Gasteiger partial charge is 0.342 e. The minimum atomic E-state index is -1.81. The van der Waals surface area contributed by atoms with Crippen molar-refractivity contribution in [3.63, 3.8) is 0 Å². The van der Waals surface area contributed by atoms with Crippen molar-refractivity contribution in [1.29, 1.82) is 0 Å². The van der Waals surface area contributed by atoms with Gasteiger partial charge in [0.25, 0.3) is 0 Å². The summed E-state index contributed by atoms with van der Waals surface area (Å²) in [4.78, 5) is -0.586. The van der Waals surface area contributed by atoms with Crippen LogP contribution in [0.25, 0.3) is 0 Å². The molecular formula is C18H23Cl2NOSi. The third-order valence-corrected chi connectivity index (χ3v) is 4.52. The molecule has 2 rings (SSSR count). The Bertz CT molecular complexity index is 587. The van der Waals surface area contributed by atoms with Gasteiger partial charge in [0.2, 0.25) is 8.32 Å². The van der Waals surface area contributed by atoms with Crippen molar-refractivity contribution in [3.8, 4) is 0 Å². The van der Waals surface area contributed by atoms with E-state index in [1.165, 1.54) is 5.56 Å². The number of hydrogen-bond acceptors (Lipinski definition) is 2. The van der Waals surface area contributed by atoms with Gasteiger partial charge in [0.1, 0.15) is 4.84 Å². The van der Waals surface area contributed by atoms with Gasteiger partial charge in [-0.05, 0) is 30.8 Å². The third kappa shape index (κ3) is 5.94. The van der Waals surface area contributed by atoms with Crippen LogP contribution in [0.3, 0.4) is 0 Å². The maximum absolute atomic E-state index is 6.33. The van der Waals surface area contributed by atoms with Crippen LogP contribution in [0.2, 0.25) is 19.6 Å². The molecule has 0 radical (unpaired) electrons. The van der Waals surface area contributed by atoms with Gasteiger partial charge < -0.3 is 4.53 Å². The average Bonchev–Trinajstić information content (AvgIpc) is 2.47. The predicted molar refractivity (Wildman–Crippen MR) is 101 cm³/mol. The highest BCUT2D eigenvalue weighted by atomic mass is 35.5. The van der Waals surface area contributed by atoms with Crippen LogP contribution in [0.1, 0.15) is 17.2 Å². The first-order valence-electron chi connectivity index (χ1n) is 7.69. The summed E-state index contributed by atoms with van der Waals surface area (Å²) in [5, 5.41) is 1.95.